The summed E-state index contributed by atoms with van der Waals surface area (Å²) in [6.07, 6.45) is 1.97. The van der Waals surface area contributed by atoms with E-state index in [2.05, 4.69) is 24.3 Å². The summed E-state index contributed by atoms with van der Waals surface area (Å²) in [5.74, 6) is 0.0413. The summed E-state index contributed by atoms with van der Waals surface area (Å²) in [5, 5.41) is 0. The average molecular weight is 310 g/mol. The molecule has 4 nitrogen and oxygen atoms in total. The average Bonchev–Trinajstić information content (AvgIpc) is 3.05. The van der Waals surface area contributed by atoms with Crippen LogP contribution < -0.4 is 0 Å². The van der Waals surface area contributed by atoms with Crippen LogP contribution in [0, 0.1) is 6.92 Å². The van der Waals surface area contributed by atoms with Gasteiger partial charge in [0.05, 0.1) is 11.7 Å². The van der Waals surface area contributed by atoms with Crippen molar-refractivity contribution < 1.29 is 9.53 Å². The van der Waals surface area contributed by atoms with Crippen LogP contribution in [0.5, 0.6) is 0 Å². The van der Waals surface area contributed by atoms with Gasteiger partial charge >= 0.3 is 0 Å². The molecular formula is C19H22N2O2. The molecule has 0 bridgehead atoms. The predicted octanol–water partition coefficient (Wildman–Crippen LogP) is 3.37. The van der Waals surface area contributed by atoms with Crippen molar-refractivity contribution in [2.24, 2.45) is 0 Å². The van der Waals surface area contributed by atoms with E-state index in [1.165, 1.54) is 5.56 Å². The van der Waals surface area contributed by atoms with Crippen LogP contribution in [0.15, 0.2) is 42.5 Å². The topological polar surface area (TPSA) is 42.4 Å². The highest BCUT2D eigenvalue weighted by atomic mass is 16.5. The second kappa shape index (κ2) is 6.92. The molecule has 1 aliphatic heterocycles. The summed E-state index contributed by atoms with van der Waals surface area (Å²) in [6, 6.07) is 14.5. The Balaban J connectivity index is 1.93. The summed E-state index contributed by atoms with van der Waals surface area (Å²) >= 11 is 0. The highest BCUT2D eigenvalue weighted by molar-refractivity contribution is 5.78. The quantitative estimate of drug-likeness (QED) is 0.869. The number of ether oxygens (including phenoxy) is 1. The monoisotopic (exact) mass is 310 g/mol. The van der Waals surface area contributed by atoms with Crippen LogP contribution in [-0.4, -0.2) is 36.1 Å². The molecule has 1 amide bonds. The molecule has 2 aromatic rings. The number of benzene rings is 1. The number of likely N-dealkylation sites (tertiary alicyclic amines) is 1. The molecule has 1 aliphatic rings. The van der Waals surface area contributed by atoms with Crippen molar-refractivity contribution in [3.8, 4) is 11.1 Å². The number of hydrogen-bond acceptors (Lipinski definition) is 3. The van der Waals surface area contributed by atoms with Crippen molar-refractivity contribution in [1.29, 1.82) is 0 Å². The van der Waals surface area contributed by atoms with Crippen LogP contribution in [-0.2, 0) is 9.53 Å². The van der Waals surface area contributed by atoms with Gasteiger partial charge in [0.1, 0.15) is 6.61 Å². The Hall–Kier alpha value is -2.20. The van der Waals surface area contributed by atoms with Gasteiger partial charge in [-0.05, 0) is 43.0 Å². The van der Waals surface area contributed by atoms with Crippen LogP contribution in [0.25, 0.3) is 11.1 Å². The fourth-order valence-electron chi connectivity index (χ4n) is 3.24. The van der Waals surface area contributed by atoms with Gasteiger partial charge in [0.15, 0.2) is 0 Å². The number of amides is 1. The Labute approximate surface area is 137 Å². The Morgan fingerprint density at radius 2 is 2.04 bits per heavy atom. The number of nitrogens with zero attached hydrogens (tertiary/aromatic N) is 2. The predicted molar refractivity (Wildman–Crippen MR) is 90.0 cm³/mol. The van der Waals surface area contributed by atoms with Crippen LogP contribution in [0.3, 0.4) is 0 Å². The molecule has 0 N–H and O–H groups in total. The zero-order chi connectivity index (χ0) is 16.2. The molecule has 1 saturated heterocycles. The molecule has 1 atom stereocenters. The van der Waals surface area contributed by atoms with Gasteiger partial charge in [-0.2, -0.15) is 0 Å². The maximum Gasteiger partial charge on any atom is 0.249 e. The minimum absolute atomic E-state index is 0.0413. The van der Waals surface area contributed by atoms with Crippen LogP contribution in [0.1, 0.15) is 30.3 Å². The van der Waals surface area contributed by atoms with Crippen molar-refractivity contribution in [1.82, 2.24) is 9.88 Å². The van der Waals surface area contributed by atoms with Gasteiger partial charge in [-0.1, -0.05) is 30.3 Å². The van der Waals surface area contributed by atoms with Crippen molar-refractivity contribution in [3.05, 3.63) is 53.9 Å². The number of aryl methyl sites for hydroxylation is 1. The third kappa shape index (κ3) is 3.42. The van der Waals surface area contributed by atoms with Gasteiger partial charge in [-0.25, -0.2) is 0 Å². The van der Waals surface area contributed by atoms with Crippen molar-refractivity contribution in [2.75, 3.05) is 20.3 Å². The molecule has 0 saturated carbocycles. The number of rotatable bonds is 4. The van der Waals surface area contributed by atoms with Gasteiger partial charge in [-0.3, -0.25) is 9.78 Å². The molecule has 0 aliphatic carbocycles. The van der Waals surface area contributed by atoms with Gasteiger partial charge < -0.3 is 9.64 Å². The molecule has 120 valence electrons. The van der Waals surface area contributed by atoms with Crippen molar-refractivity contribution >= 4 is 5.91 Å². The van der Waals surface area contributed by atoms with E-state index in [1.54, 1.807) is 7.11 Å². The third-order valence-electron chi connectivity index (χ3n) is 4.26. The Kier molecular flexibility index (Phi) is 4.72. The lowest BCUT2D eigenvalue weighted by atomic mass is 10.0. The molecule has 1 aromatic carbocycles. The molecule has 23 heavy (non-hydrogen) atoms. The lowest BCUT2D eigenvalue weighted by Gasteiger charge is -2.24. The first-order valence-corrected chi connectivity index (χ1v) is 8.01. The van der Waals surface area contributed by atoms with Gasteiger partial charge in [0.2, 0.25) is 5.91 Å². The maximum absolute atomic E-state index is 12.2. The number of methoxy groups -OCH3 is 1. The van der Waals surface area contributed by atoms with Crippen LogP contribution in [0.4, 0.5) is 0 Å². The molecule has 3 rings (SSSR count). The standard InChI is InChI=1S/C19H22N2O2/c1-14-11-16(15-7-4-3-5-8-15)12-17(20-14)18-9-6-10-21(18)19(22)13-23-2/h3-5,7-8,11-12,18H,6,9-10,13H2,1-2H3. The van der Waals surface area contributed by atoms with E-state index in [9.17, 15) is 4.79 Å². The highest BCUT2D eigenvalue weighted by Crippen LogP contribution is 2.33. The minimum Gasteiger partial charge on any atom is -0.375 e. The van der Waals surface area contributed by atoms with Gasteiger partial charge in [0.25, 0.3) is 0 Å². The third-order valence-corrected chi connectivity index (χ3v) is 4.26. The summed E-state index contributed by atoms with van der Waals surface area (Å²) in [5.41, 5.74) is 4.28. The zero-order valence-electron chi connectivity index (χ0n) is 13.7. The molecule has 0 spiro atoms. The van der Waals surface area contributed by atoms with E-state index in [0.717, 1.165) is 36.3 Å². The minimum atomic E-state index is 0.0413. The number of hydrogen-bond donors (Lipinski definition) is 0. The van der Waals surface area contributed by atoms with Crippen molar-refractivity contribution in [2.45, 2.75) is 25.8 Å². The zero-order valence-corrected chi connectivity index (χ0v) is 13.7. The molecule has 0 radical (unpaired) electrons. The van der Waals surface area contributed by atoms with Crippen molar-refractivity contribution in [3.63, 3.8) is 0 Å². The smallest absolute Gasteiger partial charge is 0.249 e. The summed E-state index contributed by atoms with van der Waals surface area (Å²) in [7, 11) is 1.56. The van der Waals surface area contributed by atoms with E-state index in [4.69, 9.17) is 9.72 Å². The fraction of sp³-hybridized carbons (Fsp3) is 0.368. The highest BCUT2D eigenvalue weighted by Gasteiger charge is 2.31. The van der Waals surface area contributed by atoms with E-state index in [0.29, 0.717) is 0 Å². The van der Waals surface area contributed by atoms with Crippen LogP contribution in [0.2, 0.25) is 0 Å². The lowest BCUT2D eigenvalue weighted by Crippen LogP contribution is -2.33. The fourth-order valence-corrected chi connectivity index (χ4v) is 3.24. The molecule has 1 fully saturated rings. The van der Waals surface area contributed by atoms with E-state index < -0.39 is 0 Å². The van der Waals surface area contributed by atoms with Crippen LogP contribution >= 0.6 is 0 Å². The van der Waals surface area contributed by atoms with E-state index in [-0.39, 0.29) is 18.6 Å². The van der Waals surface area contributed by atoms with Gasteiger partial charge in [0, 0.05) is 19.3 Å². The Morgan fingerprint density at radius 3 is 2.78 bits per heavy atom. The van der Waals surface area contributed by atoms with Gasteiger partial charge in [-0.15, -0.1) is 0 Å². The van der Waals surface area contributed by atoms with E-state index in [1.807, 2.05) is 30.0 Å². The normalized spacial score (nSPS) is 17.5. The summed E-state index contributed by atoms with van der Waals surface area (Å²) in [4.78, 5) is 18.8. The second-order valence-electron chi connectivity index (χ2n) is 5.97. The second-order valence-corrected chi connectivity index (χ2v) is 5.97. The van der Waals surface area contributed by atoms with E-state index >= 15 is 0 Å². The number of aromatic nitrogens is 1. The Bertz CT molecular complexity index is 685. The number of carbonyl (C=O) groups is 1. The first kappa shape index (κ1) is 15.7. The number of pyridine rings is 1. The SMILES string of the molecule is COCC(=O)N1CCCC1c1cc(-c2ccccc2)cc(C)n1. The molecular weight excluding hydrogens is 288 g/mol. The maximum atomic E-state index is 12.2. The Morgan fingerprint density at radius 1 is 1.26 bits per heavy atom. The summed E-state index contributed by atoms with van der Waals surface area (Å²) in [6.45, 7) is 2.92. The molecule has 1 unspecified atom stereocenters. The molecule has 4 heteroatoms. The largest absolute Gasteiger partial charge is 0.375 e. The first-order valence-electron chi connectivity index (χ1n) is 8.01. The summed E-state index contributed by atoms with van der Waals surface area (Å²) < 4.78 is 5.01. The number of carbonyl (C=O) groups excluding carboxylic acids is 1. The molecule has 2 heterocycles. The first-order chi connectivity index (χ1) is 11.2. The lowest BCUT2D eigenvalue weighted by molar-refractivity contribution is -0.136. The molecule has 1 aromatic heterocycles.